The molecule has 0 aliphatic carbocycles. The Hall–Kier alpha value is -1.85. The first kappa shape index (κ1) is 12.6. The Bertz CT molecular complexity index is 495. The number of carboxylic acids is 1. The van der Waals surface area contributed by atoms with Gasteiger partial charge in [0.2, 0.25) is 5.91 Å². The summed E-state index contributed by atoms with van der Waals surface area (Å²) in [5.74, 6) is -1.70. The molecule has 0 aromatic carbocycles. The molecule has 98 valence electrons. The molecule has 1 N–H and O–H groups in total. The summed E-state index contributed by atoms with van der Waals surface area (Å²) in [6, 6.07) is -0.395. The van der Waals surface area contributed by atoms with E-state index >= 15 is 0 Å². The van der Waals surface area contributed by atoms with Crippen LogP contribution in [0.5, 0.6) is 0 Å². The standard InChI is InChI=1S/C12H17N3O3/c1-4-15-10(16)5-8(12(17)18)11(15)9-6-13-14(3)7(9)2/h6,8,11H,4-5H2,1-3H3,(H,17,18). The minimum atomic E-state index is -0.924. The van der Waals surface area contributed by atoms with E-state index in [-0.39, 0.29) is 12.3 Å². The first-order valence-corrected chi connectivity index (χ1v) is 5.98. The van der Waals surface area contributed by atoms with Crippen molar-refractivity contribution in [3.8, 4) is 0 Å². The second kappa shape index (κ2) is 4.44. The third kappa shape index (κ3) is 1.77. The van der Waals surface area contributed by atoms with Crippen LogP contribution in [0.3, 0.4) is 0 Å². The van der Waals surface area contributed by atoms with Crippen LogP contribution in [-0.4, -0.2) is 38.2 Å². The molecule has 1 fully saturated rings. The Morgan fingerprint density at radius 1 is 1.61 bits per heavy atom. The van der Waals surface area contributed by atoms with Crippen molar-refractivity contribution in [3.63, 3.8) is 0 Å². The highest BCUT2D eigenvalue weighted by Crippen LogP contribution is 2.39. The van der Waals surface area contributed by atoms with Gasteiger partial charge in [-0.1, -0.05) is 0 Å². The normalized spacial score (nSPS) is 23.7. The molecule has 6 nitrogen and oxygen atoms in total. The molecule has 0 spiro atoms. The summed E-state index contributed by atoms with van der Waals surface area (Å²) in [6.45, 7) is 4.26. The summed E-state index contributed by atoms with van der Waals surface area (Å²) in [6.07, 6.45) is 1.74. The van der Waals surface area contributed by atoms with E-state index in [4.69, 9.17) is 0 Å². The quantitative estimate of drug-likeness (QED) is 0.859. The van der Waals surface area contributed by atoms with Crippen LogP contribution in [0.15, 0.2) is 6.20 Å². The third-order valence-corrected chi connectivity index (χ3v) is 3.68. The Kier molecular flexibility index (Phi) is 3.11. The maximum atomic E-state index is 11.9. The smallest absolute Gasteiger partial charge is 0.309 e. The highest BCUT2D eigenvalue weighted by atomic mass is 16.4. The predicted molar refractivity (Wildman–Crippen MR) is 63.8 cm³/mol. The van der Waals surface area contributed by atoms with Gasteiger partial charge in [-0.2, -0.15) is 5.10 Å². The third-order valence-electron chi connectivity index (χ3n) is 3.68. The Labute approximate surface area is 105 Å². The summed E-state index contributed by atoms with van der Waals surface area (Å²) in [4.78, 5) is 24.8. The maximum absolute atomic E-state index is 11.9. The van der Waals surface area contributed by atoms with E-state index in [1.165, 1.54) is 0 Å². The fraction of sp³-hybridized carbons (Fsp3) is 0.583. The largest absolute Gasteiger partial charge is 0.481 e. The Morgan fingerprint density at radius 3 is 2.72 bits per heavy atom. The number of likely N-dealkylation sites (tertiary alicyclic amines) is 1. The Morgan fingerprint density at radius 2 is 2.28 bits per heavy atom. The molecule has 1 aliphatic heterocycles. The van der Waals surface area contributed by atoms with Crippen molar-refractivity contribution in [3.05, 3.63) is 17.5 Å². The molecule has 1 saturated heterocycles. The number of carboxylic acid groups (broad SMARTS) is 1. The lowest BCUT2D eigenvalue weighted by Crippen LogP contribution is -2.30. The lowest BCUT2D eigenvalue weighted by atomic mass is 9.94. The van der Waals surface area contributed by atoms with Crippen LogP contribution in [0, 0.1) is 12.8 Å². The summed E-state index contributed by atoms with van der Waals surface area (Å²) >= 11 is 0. The van der Waals surface area contributed by atoms with Crippen molar-refractivity contribution in [1.29, 1.82) is 0 Å². The summed E-state index contributed by atoms with van der Waals surface area (Å²) < 4.78 is 1.70. The molecule has 0 radical (unpaired) electrons. The minimum absolute atomic E-state index is 0.0716. The first-order valence-electron chi connectivity index (χ1n) is 5.98. The number of carbonyl (C=O) groups excluding carboxylic acids is 1. The van der Waals surface area contributed by atoms with E-state index in [0.717, 1.165) is 11.3 Å². The van der Waals surface area contributed by atoms with E-state index in [0.29, 0.717) is 6.54 Å². The summed E-state index contributed by atoms with van der Waals surface area (Å²) in [5.41, 5.74) is 1.73. The average Bonchev–Trinajstić information content (AvgIpc) is 2.81. The molecular formula is C12H17N3O3. The van der Waals surface area contributed by atoms with Gasteiger partial charge in [0, 0.05) is 31.3 Å². The van der Waals surface area contributed by atoms with E-state index < -0.39 is 17.9 Å². The number of hydrogen-bond acceptors (Lipinski definition) is 3. The van der Waals surface area contributed by atoms with Crippen molar-refractivity contribution >= 4 is 11.9 Å². The number of hydrogen-bond donors (Lipinski definition) is 1. The predicted octanol–water partition coefficient (Wildman–Crippen LogP) is 0.723. The van der Waals surface area contributed by atoms with Crippen LogP contribution in [0.2, 0.25) is 0 Å². The van der Waals surface area contributed by atoms with Crippen LogP contribution in [0.4, 0.5) is 0 Å². The lowest BCUT2D eigenvalue weighted by Gasteiger charge is -2.25. The molecule has 2 unspecified atom stereocenters. The number of aliphatic carboxylic acids is 1. The molecule has 1 amide bonds. The van der Waals surface area contributed by atoms with Crippen molar-refractivity contribution in [2.24, 2.45) is 13.0 Å². The molecule has 2 heterocycles. The fourth-order valence-electron chi connectivity index (χ4n) is 2.58. The van der Waals surface area contributed by atoms with Crippen LogP contribution in [-0.2, 0) is 16.6 Å². The van der Waals surface area contributed by atoms with Crippen LogP contribution >= 0.6 is 0 Å². The number of rotatable bonds is 3. The van der Waals surface area contributed by atoms with E-state index in [1.807, 2.05) is 20.9 Å². The van der Waals surface area contributed by atoms with Gasteiger partial charge in [-0.25, -0.2) is 0 Å². The number of aryl methyl sites for hydroxylation is 1. The number of carbonyl (C=O) groups is 2. The molecule has 0 bridgehead atoms. The second-order valence-corrected chi connectivity index (χ2v) is 4.58. The average molecular weight is 251 g/mol. The Balaban J connectivity index is 2.46. The monoisotopic (exact) mass is 251 g/mol. The summed E-state index contributed by atoms with van der Waals surface area (Å²) in [5, 5.41) is 13.4. The zero-order valence-corrected chi connectivity index (χ0v) is 10.8. The van der Waals surface area contributed by atoms with Gasteiger partial charge >= 0.3 is 5.97 Å². The molecule has 1 aromatic rings. The maximum Gasteiger partial charge on any atom is 0.309 e. The van der Waals surface area contributed by atoms with Gasteiger partial charge in [-0.3, -0.25) is 14.3 Å². The van der Waals surface area contributed by atoms with Gasteiger partial charge in [0.15, 0.2) is 0 Å². The van der Waals surface area contributed by atoms with Gasteiger partial charge in [0.05, 0.1) is 18.2 Å². The highest BCUT2D eigenvalue weighted by Gasteiger charge is 2.45. The lowest BCUT2D eigenvalue weighted by molar-refractivity contribution is -0.142. The first-order chi connectivity index (χ1) is 8.47. The van der Waals surface area contributed by atoms with Gasteiger partial charge in [0.25, 0.3) is 0 Å². The number of nitrogens with zero attached hydrogens (tertiary/aromatic N) is 3. The summed E-state index contributed by atoms with van der Waals surface area (Å²) in [7, 11) is 1.81. The van der Waals surface area contributed by atoms with E-state index in [1.54, 1.807) is 15.8 Å². The van der Waals surface area contributed by atoms with Crippen molar-refractivity contribution in [2.45, 2.75) is 26.3 Å². The fourth-order valence-corrected chi connectivity index (χ4v) is 2.58. The molecule has 2 atom stereocenters. The molecule has 0 saturated carbocycles. The molecule has 1 aliphatic rings. The minimum Gasteiger partial charge on any atom is -0.481 e. The topological polar surface area (TPSA) is 75.4 Å². The highest BCUT2D eigenvalue weighted by molar-refractivity contribution is 5.87. The number of aromatic nitrogens is 2. The van der Waals surface area contributed by atoms with E-state index in [9.17, 15) is 14.7 Å². The van der Waals surface area contributed by atoms with Crippen LogP contribution in [0.1, 0.15) is 30.6 Å². The van der Waals surface area contributed by atoms with Gasteiger partial charge in [-0.15, -0.1) is 0 Å². The number of amides is 1. The van der Waals surface area contributed by atoms with Crippen LogP contribution in [0.25, 0.3) is 0 Å². The van der Waals surface area contributed by atoms with Gasteiger partial charge < -0.3 is 10.0 Å². The zero-order chi connectivity index (χ0) is 13.4. The molecule has 6 heteroatoms. The second-order valence-electron chi connectivity index (χ2n) is 4.58. The SMILES string of the molecule is CCN1C(=O)CC(C(=O)O)C1c1cnn(C)c1C. The van der Waals surface area contributed by atoms with Crippen molar-refractivity contribution in [1.82, 2.24) is 14.7 Å². The zero-order valence-electron chi connectivity index (χ0n) is 10.8. The van der Waals surface area contributed by atoms with Gasteiger partial charge in [0.1, 0.15) is 0 Å². The molecule has 2 rings (SSSR count). The van der Waals surface area contributed by atoms with Crippen molar-refractivity contribution in [2.75, 3.05) is 6.54 Å². The molecule has 1 aromatic heterocycles. The van der Waals surface area contributed by atoms with E-state index in [2.05, 4.69) is 5.10 Å². The molecular weight excluding hydrogens is 234 g/mol. The molecule has 18 heavy (non-hydrogen) atoms. The van der Waals surface area contributed by atoms with Crippen molar-refractivity contribution < 1.29 is 14.7 Å². The van der Waals surface area contributed by atoms with Crippen LogP contribution < -0.4 is 0 Å². The van der Waals surface area contributed by atoms with Gasteiger partial charge in [-0.05, 0) is 13.8 Å².